The topological polar surface area (TPSA) is 65.0 Å². The van der Waals surface area contributed by atoms with Gasteiger partial charge < -0.3 is 19.3 Å². The molecule has 1 saturated carbocycles. The van der Waals surface area contributed by atoms with Crippen molar-refractivity contribution in [2.75, 3.05) is 13.2 Å². The Morgan fingerprint density at radius 2 is 2.12 bits per heavy atom. The maximum Gasteiger partial charge on any atom is 0.509 e. The number of aliphatic hydroxyl groups is 1. The molecule has 2 fully saturated rings. The summed E-state index contributed by atoms with van der Waals surface area (Å²) in [6.45, 7) is 3.19. The summed E-state index contributed by atoms with van der Waals surface area (Å²) in [6, 6.07) is 0. The van der Waals surface area contributed by atoms with E-state index in [9.17, 15) is 9.90 Å². The third kappa shape index (κ3) is 2.68. The number of fused-ring (bicyclic) bond motifs is 1. The monoisotopic (exact) mass is 356 g/mol. The minimum atomic E-state index is -0.632. The van der Waals surface area contributed by atoms with Crippen molar-refractivity contribution in [3.05, 3.63) is 0 Å². The fourth-order valence-electron chi connectivity index (χ4n) is 2.25. The predicted octanol–water partition coefficient (Wildman–Crippen LogP) is 1.50. The first-order valence-electron chi connectivity index (χ1n) is 5.92. The zero-order chi connectivity index (χ0) is 12.4. The molecule has 0 aromatic rings. The lowest BCUT2D eigenvalue weighted by atomic mass is 10.1. The van der Waals surface area contributed by atoms with Gasteiger partial charge in [0, 0.05) is 6.61 Å². The smallest absolute Gasteiger partial charge is 0.426 e. The molecule has 2 rings (SSSR count). The number of carbonyl (C=O) groups is 1. The highest BCUT2D eigenvalue weighted by Crippen LogP contribution is 2.40. The van der Waals surface area contributed by atoms with Gasteiger partial charge in [-0.3, -0.25) is 0 Å². The highest BCUT2D eigenvalue weighted by atomic mass is 127. The van der Waals surface area contributed by atoms with Crippen LogP contribution in [0.1, 0.15) is 19.8 Å². The molecule has 5 atom stereocenters. The summed E-state index contributed by atoms with van der Waals surface area (Å²) >= 11 is 2.11. The van der Waals surface area contributed by atoms with Gasteiger partial charge in [-0.05, 0) is 6.42 Å². The van der Waals surface area contributed by atoms with E-state index >= 15 is 0 Å². The van der Waals surface area contributed by atoms with E-state index in [0.29, 0.717) is 13.2 Å². The van der Waals surface area contributed by atoms with Crippen LogP contribution in [0.25, 0.3) is 0 Å². The number of halogens is 1. The van der Waals surface area contributed by atoms with Crippen molar-refractivity contribution in [2.45, 2.75) is 42.0 Å². The standard InChI is InChI=1S/C11H17IO5/c1-2-3-4-15-5-6-8(13)7(12)10-9(6)16-11(14)17-10/h6-10,13H,2-5H2,1H3/t6-,7+,8-,9+,10-/m0/s1. The second kappa shape index (κ2) is 5.71. The molecule has 1 aliphatic heterocycles. The molecular formula is C11H17IO5. The van der Waals surface area contributed by atoms with Gasteiger partial charge in [0.2, 0.25) is 0 Å². The molecule has 0 bridgehead atoms. The molecule has 1 heterocycles. The molecule has 17 heavy (non-hydrogen) atoms. The number of aliphatic hydroxyl groups excluding tert-OH is 1. The highest BCUT2D eigenvalue weighted by molar-refractivity contribution is 14.1. The van der Waals surface area contributed by atoms with Gasteiger partial charge in [0.25, 0.3) is 0 Å². The van der Waals surface area contributed by atoms with Gasteiger partial charge in [0.1, 0.15) is 0 Å². The van der Waals surface area contributed by atoms with E-state index in [1.165, 1.54) is 0 Å². The van der Waals surface area contributed by atoms with Crippen LogP contribution in [0.5, 0.6) is 0 Å². The molecule has 5 nitrogen and oxygen atoms in total. The van der Waals surface area contributed by atoms with E-state index in [1.54, 1.807) is 0 Å². The van der Waals surface area contributed by atoms with Crippen molar-refractivity contribution in [3.63, 3.8) is 0 Å². The maximum atomic E-state index is 11.1. The largest absolute Gasteiger partial charge is 0.509 e. The zero-order valence-electron chi connectivity index (χ0n) is 9.67. The third-order valence-corrected chi connectivity index (χ3v) is 4.69. The molecule has 0 aromatic heterocycles. The zero-order valence-corrected chi connectivity index (χ0v) is 11.8. The number of rotatable bonds is 5. The fourth-order valence-corrected chi connectivity index (χ4v) is 3.33. The molecule has 1 saturated heterocycles. The Kier molecular flexibility index (Phi) is 4.48. The lowest BCUT2D eigenvalue weighted by Gasteiger charge is -2.19. The molecule has 0 radical (unpaired) electrons. The van der Waals surface area contributed by atoms with E-state index in [-0.39, 0.29) is 22.1 Å². The Labute approximate surface area is 114 Å². The third-order valence-electron chi connectivity index (χ3n) is 3.24. The number of hydrogen-bond acceptors (Lipinski definition) is 5. The number of alkyl halides is 1. The minimum absolute atomic E-state index is 0.121. The molecule has 98 valence electrons. The SMILES string of the molecule is CCCCOC[C@H]1[C@H](O)[C@@H](I)[C@@H]2OC(=O)O[C@H]12. The van der Waals surface area contributed by atoms with Crippen LogP contribution >= 0.6 is 22.6 Å². The predicted molar refractivity (Wildman–Crippen MR) is 68.2 cm³/mol. The Hall–Kier alpha value is -0.0800. The average Bonchev–Trinajstić information content (AvgIpc) is 2.77. The van der Waals surface area contributed by atoms with E-state index in [2.05, 4.69) is 29.5 Å². The van der Waals surface area contributed by atoms with Crippen molar-refractivity contribution in [1.82, 2.24) is 0 Å². The molecule has 1 N–H and O–H groups in total. The van der Waals surface area contributed by atoms with Crippen LogP contribution in [0.3, 0.4) is 0 Å². The van der Waals surface area contributed by atoms with Gasteiger partial charge in [-0.25, -0.2) is 4.79 Å². The molecule has 1 aliphatic carbocycles. The van der Waals surface area contributed by atoms with Crippen LogP contribution in [0.15, 0.2) is 0 Å². The van der Waals surface area contributed by atoms with E-state index < -0.39 is 12.3 Å². The first-order chi connectivity index (χ1) is 8.15. The van der Waals surface area contributed by atoms with Gasteiger partial charge in [0.15, 0.2) is 12.2 Å². The summed E-state index contributed by atoms with van der Waals surface area (Å²) in [5.74, 6) is -0.176. The first-order valence-corrected chi connectivity index (χ1v) is 7.17. The Morgan fingerprint density at radius 1 is 1.41 bits per heavy atom. The number of unbranched alkanes of at least 4 members (excludes halogenated alkanes) is 1. The van der Waals surface area contributed by atoms with Crippen LogP contribution in [0.2, 0.25) is 0 Å². The summed E-state index contributed by atoms with van der Waals surface area (Å²) in [7, 11) is 0. The summed E-state index contributed by atoms with van der Waals surface area (Å²) < 4.78 is 15.5. The second-order valence-electron chi connectivity index (χ2n) is 4.44. The van der Waals surface area contributed by atoms with E-state index in [1.807, 2.05) is 0 Å². The lowest BCUT2D eigenvalue weighted by Crippen LogP contribution is -2.31. The summed E-state index contributed by atoms with van der Waals surface area (Å²) in [5.41, 5.74) is 0. The second-order valence-corrected chi connectivity index (χ2v) is 5.88. The highest BCUT2D eigenvalue weighted by Gasteiger charge is 2.57. The van der Waals surface area contributed by atoms with Crippen LogP contribution in [0.4, 0.5) is 4.79 Å². The molecule has 0 unspecified atom stereocenters. The van der Waals surface area contributed by atoms with Crippen molar-refractivity contribution >= 4 is 28.7 Å². The molecule has 0 aromatic carbocycles. The van der Waals surface area contributed by atoms with E-state index in [0.717, 1.165) is 12.8 Å². The van der Waals surface area contributed by atoms with Crippen LogP contribution < -0.4 is 0 Å². The Bertz CT molecular complexity index is 285. The molecule has 0 spiro atoms. The number of ether oxygens (including phenoxy) is 3. The molecule has 6 heteroatoms. The molecule has 2 aliphatic rings. The Balaban J connectivity index is 1.89. The molecular weight excluding hydrogens is 339 g/mol. The minimum Gasteiger partial charge on any atom is -0.426 e. The van der Waals surface area contributed by atoms with Crippen LogP contribution in [-0.4, -0.2) is 46.7 Å². The summed E-state index contributed by atoms with van der Waals surface area (Å²) in [4.78, 5) is 11.1. The average molecular weight is 356 g/mol. The number of hydrogen-bond donors (Lipinski definition) is 1. The van der Waals surface area contributed by atoms with E-state index in [4.69, 9.17) is 14.2 Å². The van der Waals surface area contributed by atoms with Crippen molar-refractivity contribution in [1.29, 1.82) is 0 Å². The van der Waals surface area contributed by atoms with Crippen LogP contribution in [0, 0.1) is 5.92 Å². The van der Waals surface area contributed by atoms with Gasteiger partial charge in [0.05, 0.1) is 22.6 Å². The van der Waals surface area contributed by atoms with Crippen molar-refractivity contribution in [3.8, 4) is 0 Å². The molecule has 0 amide bonds. The van der Waals surface area contributed by atoms with Crippen molar-refractivity contribution in [2.24, 2.45) is 5.92 Å². The van der Waals surface area contributed by atoms with Crippen LogP contribution in [-0.2, 0) is 14.2 Å². The fraction of sp³-hybridized carbons (Fsp3) is 0.909. The summed E-state index contributed by atoms with van der Waals surface area (Å²) in [5, 5.41) is 10.0. The Morgan fingerprint density at radius 3 is 2.82 bits per heavy atom. The normalized spacial score (nSPS) is 39.9. The van der Waals surface area contributed by atoms with Gasteiger partial charge >= 0.3 is 6.16 Å². The first kappa shape index (κ1) is 13.4. The number of carbonyl (C=O) groups excluding carboxylic acids is 1. The van der Waals surface area contributed by atoms with Gasteiger partial charge in [-0.2, -0.15) is 0 Å². The summed E-state index contributed by atoms with van der Waals surface area (Å²) in [6.07, 6.45) is 0.207. The van der Waals surface area contributed by atoms with Crippen molar-refractivity contribution < 1.29 is 24.1 Å². The lowest BCUT2D eigenvalue weighted by molar-refractivity contribution is -0.00169. The quantitative estimate of drug-likeness (QED) is 0.350. The van der Waals surface area contributed by atoms with Gasteiger partial charge in [-0.1, -0.05) is 35.9 Å². The maximum absolute atomic E-state index is 11.1. The van der Waals surface area contributed by atoms with Gasteiger partial charge in [-0.15, -0.1) is 0 Å².